The minimum Gasteiger partial charge on any atom is -0.455 e. The summed E-state index contributed by atoms with van der Waals surface area (Å²) in [6, 6.07) is 18.1. The van der Waals surface area contributed by atoms with Crippen LogP contribution in [0.2, 0.25) is 0 Å². The molecule has 0 saturated carbocycles. The molecule has 0 unspecified atom stereocenters. The molecule has 0 bridgehead atoms. The Morgan fingerprint density at radius 2 is 1.53 bits per heavy atom. The zero-order chi connectivity index (χ0) is 25.6. The smallest absolute Gasteiger partial charge is 0.394 e. The Morgan fingerprint density at radius 1 is 0.833 bits per heavy atom. The molecule has 36 heavy (non-hydrogen) atoms. The van der Waals surface area contributed by atoms with Crippen LogP contribution in [0.15, 0.2) is 60.8 Å². The molecular weight excluding hydrogens is 459 g/mol. The lowest BCUT2D eigenvalue weighted by atomic mass is 9.84. The van der Waals surface area contributed by atoms with Crippen LogP contribution in [-0.2, 0) is 13.5 Å². The topological polar surface area (TPSA) is 13.1 Å². The van der Waals surface area contributed by atoms with Crippen LogP contribution in [0.25, 0.3) is 43.6 Å². The van der Waals surface area contributed by atoms with Crippen molar-refractivity contribution in [3.63, 3.8) is 0 Å². The monoisotopic (exact) mass is 486 g/mol. The minimum atomic E-state index is -4.27. The largest absolute Gasteiger partial charge is 0.455 e. The highest BCUT2D eigenvalue weighted by Crippen LogP contribution is 2.51. The van der Waals surface area contributed by atoms with Crippen molar-refractivity contribution in [1.82, 2.24) is 0 Å². The van der Waals surface area contributed by atoms with Crippen molar-refractivity contribution in [1.29, 1.82) is 0 Å². The summed E-state index contributed by atoms with van der Waals surface area (Å²) in [5.74, 6) is 1.64. The number of hydrogen-bond acceptors (Lipinski definition) is 1. The summed E-state index contributed by atoms with van der Waals surface area (Å²) in [4.78, 5) is 0. The summed E-state index contributed by atoms with van der Waals surface area (Å²) in [5.41, 5.74) is 3.25. The maximum atomic E-state index is 13.6. The number of nitrogens with zero attached hydrogens (tertiary/aromatic N) is 1. The molecule has 2 nitrogen and oxygen atoms in total. The van der Waals surface area contributed by atoms with E-state index in [1.54, 1.807) is 6.07 Å². The molecular formula is C31H27F3NO+. The third-order valence-electron chi connectivity index (χ3n) is 7.80. The Hall–Kier alpha value is -3.60. The lowest BCUT2D eigenvalue weighted by molar-refractivity contribution is -0.659. The van der Waals surface area contributed by atoms with Crippen LogP contribution in [0.4, 0.5) is 13.2 Å². The molecule has 182 valence electrons. The number of aromatic nitrogens is 1. The number of benzene rings is 4. The highest BCUT2D eigenvalue weighted by Gasteiger charge is 2.47. The second kappa shape index (κ2) is 7.45. The van der Waals surface area contributed by atoms with Gasteiger partial charge in [0, 0.05) is 17.0 Å². The molecule has 4 aromatic carbocycles. The van der Waals surface area contributed by atoms with Gasteiger partial charge in [-0.25, -0.2) is 4.57 Å². The molecule has 1 aliphatic rings. The maximum absolute atomic E-state index is 13.6. The second-order valence-electron chi connectivity index (χ2n) is 10.7. The third-order valence-corrected chi connectivity index (χ3v) is 7.80. The van der Waals surface area contributed by atoms with Gasteiger partial charge < -0.3 is 4.74 Å². The Bertz CT molecular complexity index is 1730. The van der Waals surface area contributed by atoms with Crippen molar-refractivity contribution in [2.75, 3.05) is 0 Å². The van der Waals surface area contributed by atoms with Gasteiger partial charge in [-0.1, -0.05) is 56.3 Å². The fraction of sp³-hybridized carbons (Fsp3) is 0.258. The molecule has 0 fully saturated rings. The van der Waals surface area contributed by atoms with Crippen molar-refractivity contribution >= 4 is 32.3 Å². The normalized spacial score (nSPS) is 13.3. The molecule has 1 aromatic heterocycles. The average molecular weight is 487 g/mol. The van der Waals surface area contributed by atoms with E-state index in [0.29, 0.717) is 5.56 Å². The van der Waals surface area contributed by atoms with Crippen LogP contribution in [0.1, 0.15) is 30.5 Å². The van der Waals surface area contributed by atoms with Crippen LogP contribution in [0, 0.1) is 19.3 Å². The van der Waals surface area contributed by atoms with Crippen LogP contribution in [0.3, 0.4) is 0 Å². The predicted octanol–water partition coefficient (Wildman–Crippen LogP) is 8.49. The van der Waals surface area contributed by atoms with Crippen molar-refractivity contribution in [2.24, 2.45) is 12.5 Å². The first-order valence-corrected chi connectivity index (χ1v) is 12.1. The van der Waals surface area contributed by atoms with Crippen LogP contribution in [-0.4, -0.2) is 6.18 Å². The predicted molar refractivity (Wildman–Crippen MR) is 139 cm³/mol. The lowest BCUT2D eigenvalue weighted by Gasteiger charge is -2.28. The van der Waals surface area contributed by atoms with Crippen LogP contribution in [0.5, 0.6) is 11.5 Å². The molecule has 0 radical (unpaired) electrons. The molecule has 0 saturated heterocycles. The molecule has 0 amide bonds. The third kappa shape index (κ3) is 3.15. The van der Waals surface area contributed by atoms with Crippen LogP contribution >= 0.6 is 0 Å². The number of halogens is 3. The first-order valence-electron chi connectivity index (χ1n) is 12.1. The number of rotatable bonds is 2. The fourth-order valence-electron chi connectivity index (χ4n) is 5.67. The summed E-state index contributed by atoms with van der Waals surface area (Å²) in [5, 5.41) is 6.22. The van der Waals surface area contributed by atoms with E-state index in [1.807, 2.05) is 43.6 Å². The highest BCUT2D eigenvalue weighted by atomic mass is 19.4. The average Bonchev–Trinajstić information content (AvgIpc) is 2.83. The fourth-order valence-corrected chi connectivity index (χ4v) is 5.67. The number of hydrogen-bond donors (Lipinski definition) is 0. The lowest BCUT2D eigenvalue weighted by Crippen LogP contribution is -2.34. The van der Waals surface area contributed by atoms with Gasteiger partial charge in [0.05, 0.1) is 16.4 Å². The van der Waals surface area contributed by atoms with Gasteiger partial charge in [-0.2, -0.15) is 13.2 Å². The SMILES string of the molecule is Cc1c2c(c(C)c3ccccc13)-c1c3c(cc4ccc(CC(C)(C)C(F)(F)F)cc4c3cc[n+]1C)O2. The summed E-state index contributed by atoms with van der Waals surface area (Å²) >= 11 is 0. The van der Waals surface area contributed by atoms with Gasteiger partial charge in [0.1, 0.15) is 18.5 Å². The summed E-state index contributed by atoms with van der Waals surface area (Å²) in [7, 11) is 2.03. The van der Waals surface area contributed by atoms with E-state index in [-0.39, 0.29) is 6.42 Å². The zero-order valence-electron chi connectivity index (χ0n) is 21.0. The Labute approximate surface area is 207 Å². The highest BCUT2D eigenvalue weighted by molar-refractivity contribution is 6.16. The van der Waals surface area contributed by atoms with Crippen molar-refractivity contribution < 1.29 is 22.5 Å². The van der Waals surface area contributed by atoms with Crippen molar-refractivity contribution in [2.45, 2.75) is 40.3 Å². The summed E-state index contributed by atoms with van der Waals surface area (Å²) in [6.45, 7) is 6.75. The van der Waals surface area contributed by atoms with E-state index in [9.17, 15) is 13.2 Å². The number of pyridine rings is 1. The standard InChI is InChI=1S/C31H27F3NO/c1-17-21-8-6-7-9-22(21)18(2)29-26(17)28-27-23(12-13-35(28)5)24-14-19(16-30(3,4)31(32,33)34)10-11-20(24)15-25(27)36-29/h6-15H,16H2,1-5H3/q+1. The molecule has 2 heterocycles. The number of fused-ring (bicyclic) bond motifs is 5. The Kier molecular flexibility index (Phi) is 4.73. The van der Waals surface area contributed by atoms with Gasteiger partial charge in [0.15, 0.2) is 6.20 Å². The van der Waals surface area contributed by atoms with Gasteiger partial charge in [-0.3, -0.25) is 0 Å². The van der Waals surface area contributed by atoms with E-state index >= 15 is 0 Å². The minimum absolute atomic E-state index is 0.0766. The first kappa shape index (κ1) is 22.8. The van der Waals surface area contributed by atoms with E-state index in [0.717, 1.165) is 55.4 Å². The van der Waals surface area contributed by atoms with E-state index in [2.05, 4.69) is 36.6 Å². The van der Waals surface area contributed by atoms with Gasteiger partial charge in [0.25, 0.3) is 0 Å². The molecule has 0 N–H and O–H groups in total. The van der Waals surface area contributed by atoms with Gasteiger partial charge >= 0.3 is 6.18 Å². The van der Waals surface area contributed by atoms with Crippen LogP contribution < -0.4 is 9.30 Å². The molecule has 0 aliphatic carbocycles. The molecule has 0 spiro atoms. The Morgan fingerprint density at radius 3 is 2.22 bits per heavy atom. The van der Waals surface area contributed by atoms with Gasteiger partial charge in [0.2, 0.25) is 5.69 Å². The molecule has 1 aliphatic heterocycles. The number of aryl methyl sites for hydroxylation is 3. The molecule has 5 heteroatoms. The molecule has 6 rings (SSSR count). The quantitative estimate of drug-likeness (QED) is 0.177. The summed E-state index contributed by atoms with van der Waals surface area (Å²) in [6.07, 6.45) is -2.32. The summed E-state index contributed by atoms with van der Waals surface area (Å²) < 4.78 is 49.5. The Balaban J connectivity index is 1.66. The second-order valence-corrected chi connectivity index (χ2v) is 10.7. The molecule has 5 aromatic rings. The van der Waals surface area contributed by atoms with E-state index in [1.165, 1.54) is 24.6 Å². The molecule has 0 atom stereocenters. The van der Waals surface area contributed by atoms with E-state index < -0.39 is 11.6 Å². The van der Waals surface area contributed by atoms with E-state index in [4.69, 9.17) is 4.74 Å². The zero-order valence-corrected chi connectivity index (χ0v) is 21.0. The van der Waals surface area contributed by atoms with Crippen molar-refractivity contribution in [3.05, 3.63) is 77.5 Å². The van der Waals surface area contributed by atoms with Crippen molar-refractivity contribution in [3.8, 4) is 22.8 Å². The number of ether oxygens (including phenoxy) is 1. The van der Waals surface area contributed by atoms with Gasteiger partial charge in [-0.15, -0.1) is 0 Å². The van der Waals surface area contributed by atoms with Gasteiger partial charge in [-0.05, 0) is 59.0 Å². The first-order chi connectivity index (χ1) is 17.0. The maximum Gasteiger partial charge on any atom is 0.394 e. The number of alkyl halides is 3.